The topological polar surface area (TPSA) is 0 Å². The highest BCUT2D eigenvalue weighted by atomic mass is 79.9. The minimum absolute atomic E-state index is 1.19. The van der Waals surface area contributed by atoms with E-state index in [1.165, 1.54) is 43.0 Å². The Kier molecular flexibility index (Phi) is 5.92. The van der Waals surface area contributed by atoms with Crippen LogP contribution in [0, 0.1) is 0 Å². The van der Waals surface area contributed by atoms with Gasteiger partial charge in [0.1, 0.15) is 0 Å². The predicted molar refractivity (Wildman–Crippen MR) is 63.0 cm³/mol. The lowest BCUT2D eigenvalue weighted by Crippen LogP contribution is -1.79. The zero-order chi connectivity index (χ0) is 9.36. The number of hydrogen-bond acceptors (Lipinski definition) is 0. The average Bonchev–Trinajstić information content (AvgIpc) is 2.11. The van der Waals surface area contributed by atoms with E-state index in [4.69, 9.17) is 0 Å². The minimum Gasteiger partial charge on any atom is -0.0845 e. The molecule has 0 aliphatic heterocycles. The maximum atomic E-state index is 3.56. The molecule has 0 atom stereocenters. The molecule has 0 aromatic carbocycles. The smallest absolute Gasteiger partial charge is 0.00494 e. The van der Waals surface area contributed by atoms with Gasteiger partial charge in [-0.2, -0.15) is 0 Å². The summed E-state index contributed by atoms with van der Waals surface area (Å²) in [5.41, 5.74) is 0. The van der Waals surface area contributed by atoms with Crippen LogP contribution in [0.1, 0.15) is 38.5 Å². The molecule has 0 fully saturated rings. The first-order valence-electron chi connectivity index (χ1n) is 5.07. The van der Waals surface area contributed by atoms with Crippen molar-refractivity contribution in [2.45, 2.75) is 38.5 Å². The molecule has 1 aliphatic carbocycles. The Morgan fingerprint density at radius 1 is 0.923 bits per heavy atom. The summed E-state index contributed by atoms with van der Waals surface area (Å²) in [5, 5.41) is 0. The van der Waals surface area contributed by atoms with Crippen molar-refractivity contribution in [3.8, 4) is 0 Å². The van der Waals surface area contributed by atoms with Crippen molar-refractivity contribution in [3.05, 3.63) is 34.9 Å². The molecule has 0 spiro atoms. The van der Waals surface area contributed by atoms with E-state index in [2.05, 4.69) is 46.3 Å². The van der Waals surface area contributed by atoms with Gasteiger partial charge >= 0.3 is 0 Å². The van der Waals surface area contributed by atoms with Gasteiger partial charge in [0.05, 0.1) is 0 Å². The van der Waals surface area contributed by atoms with Gasteiger partial charge in [0.2, 0.25) is 0 Å². The third-order valence-corrected chi connectivity index (χ3v) is 2.83. The van der Waals surface area contributed by atoms with E-state index in [-0.39, 0.29) is 0 Å². The lowest BCUT2D eigenvalue weighted by atomic mass is 10.1. The monoisotopic (exact) mass is 240 g/mol. The number of rotatable bonds is 0. The van der Waals surface area contributed by atoms with Crippen LogP contribution in [0.5, 0.6) is 0 Å². The lowest BCUT2D eigenvalue weighted by Gasteiger charge is -2.00. The van der Waals surface area contributed by atoms with E-state index in [1.807, 2.05) is 0 Å². The second-order valence-electron chi connectivity index (χ2n) is 3.38. The lowest BCUT2D eigenvalue weighted by molar-refractivity contribution is 0.651. The summed E-state index contributed by atoms with van der Waals surface area (Å²) in [7, 11) is 0. The second kappa shape index (κ2) is 7.14. The molecule has 0 nitrogen and oxygen atoms in total. The normalized spacial score (nSPS) is 29.2. The molecular formula is C12H17Br. The molecule has 0 amide bonds. The van der Waals surface area contributed by atoms with Crippen LogP contribution in [0.3, 0.4) is 0 Å². The fourth-order valence-electron chi connectivity index (χ4n) is 1.39. The van der Waals surface area contributed by atoms with Crippen LogP contribution in [0.15, 0.2) is 34.9 Å². The van der Waals surface area contributed by atoms with E-state index in [0.717, 1.165) is 0 Å². The molecule has 0 aromatic rings. The molecule has 0 saturated heterocycles. The van der Waals surface area contributed by atoms with Crippen molar-refractivity contribution < 1.29 is 0 Å². The Morgan fingerprint density at radius 3 is 2.69 bits per heavy atom. The van der Waals surface area contributed by atoms with E-state index >= 15 is 0 Å². The van der Waals surface area contributed by atoms with Crippen LogP contribution in [-0.4, -0.2) is 0 Å². The van der Waals surface area contributed by atoms with Gasteiger partial charge in [-0.05, 0) is 30.2 Å². The fraction of sp³-hybridized carbons (Fsp3) is 0.500. The first-order chi connectivity index (χ1) is 6.39. The predicted octanol–water partition coefficient (Wildman–Crippen LogP) is 4.73. The Labute approximate surface area is 89.5 Å². The highest BCUT2D eigenvalue weighted by Gasteiger charge is 1.92. The molecule has 0 heterocycles. The van der Waals surface area contributed by atoms with Gasteiger partial charge in [0.15, 0.2) is 0 Å². The Hall–Kier alpha value is -0.300. The molecule has 0 bridgehead atoms. The van der Waals surface area contributed by atoms with E-state index in [1.54, 1.807) is 0 Å². The quantitative estimate of drug-likeness (QED) is 0.575. The van der Waals surface area contributed by atoms with Crippen molar-refractivity contribution in [2.24, 2.45) is 0 Å². The second-order valence-corrected chi connectivity index (χ2v) is 4.40. The molecule has 1 heteroatoms. The number of halogens is 1. The fourth-order valence-corrected chi connectivity index (χ4v) is 1.82. The van der Waals surface area contributed by atoms with Crippen molar-refractivity contribution in [1.82, 2.24) is 0 Å². The molecule has 13 heavy (non-hydrogen) atoms. The summed E-state index contributed by atoms with van der Waals surface area (Å²) in [6.07, 6.45) is 18.5. The van der Waals surface area contributed by atoms with Crippen molar-refractivity contribution in [2.75, 3.05) is 0 Å². The van der Waals surface area contributed by atoms with Gasteiger partial charge in [-0.15, -0.1) is 0 Å². The van der Waals surface area contributed by atoms with Crippen LogP contribution in [0.4, 0.5) is 0 Å². The van der Waals surface area contributed by atoms with E-state index in [0.29, 0.717) is 0 Å². The highest BCUT2D eigenvalue weighted by molar-refractivity contribution is 9.11. The molecule has 1 aliphatic rings. The summed E-state index contributed by atoms with van der Waals surface area (Å²) < 4.78 is 1.32. The maximum Gasteiger partial charge on any atom is -0.00494 e. The molecule has 0 radical (unpaired) electrons. The first-order valence-corrected chi connectivity index (χ1v) is 5.87. The molecule has 0 N–H and O–H groups in total. The molecule has 0 saturated carbocycles. The van der Waals surface area contributed by atoms with Crippen LogP contribution in [0.25, 0.3) is 0 Å². The largest absolute Gasteiger partial charge is 0.0845 e. The van der Waals surface area contributed by atoms with Crippen LogP contribution in [0.2, 0.25) is 0 Å². The Morgan fingerprint density at radius 2 is 1.77 bits per heavy atom. The first kappa shape index (κ1) is 10.8. The average molecular weight is 241 g/mol. The standard InChI is InChI=1S/C12H17Br/c13-12-10-8-6-4-2-1-3-5-7-9-11-12/h2,4,6,8,10H,1,3,5,7,9,11H2/b4-2-,8-6-,12-10+. The van der Waals surface area contributed by atoms with Gasteiger partial charge in [0.25, 0.3) is 0 Å². The van der Waals surface area contributed by atoms with Crippen LogP contribution < -0.4 is 0 Å². The Balaban J connectivity index is 2.45. The SMILES string of the molecule is Br/C1=C/C=C\C=C/CCCCCC1. The van der Waals surface area contributed by atoms with Gasteiger partial charge in [0, 0.05) is 0 Å². The summed E-state index contributed by atoms with van der Waals surface area (Å²) in [4.78, 5) is 0. The summed E-state index contributed by atoms with van der Waals surface area (Å²) >= 11 is 3.56. The van der Waals surface area contributed by atoms with Gasteiger partial charge in [-0.1, -0.05) is 59.2 Å². The highest BCUT2D eigenvalue weighted by Crippen LogP contribution is 2.16. The Bertz CT molecular complexity index is 211. The zero-order valence-electron chi connectivity index (χ0n) is 8.01. The van der Waals surface area contributed by atoms with Gasteiger partial charge < -0.3 is 0 Å². The minimum atomic E-state index is 1.19. The van der Waals surface area contributed by atoms with Crippen LogP contribution in [-0.2, 0) is 0 Å². The third-order valence-electron chi connectivity index (χ3n) is 2.17. The van der Waals surface area contributed by atoms with Crippen LogP contribution >= 0.6 is 15.9 Å². The van der Waals surface area contributed by atoms with Gasteiger partial charge in [-0.3, -0.25) is 0 Å². The van der Waals surface area contributed by atoms with Gasteiger partial charge in [-0.25, -0.2) is 0 Å². The molecule has 1 rings (SSSR count). The maximum absolute atomic E-state index is 3.56. The number of hydrogen-bond donors (Lipinski definition) is 0. The van der Waals surface area contributed by atoms with E-state index in [9.17, 15) is 0 Å². The summed E-state index contributed by atoms with van der Waals surface area (Å²) in [6.45, 7) is 0. The molecule has 0 aromatic heterocycles. The van der Waals surface area contributed by atoms with Crippen molar-refractivity contribution in [1.29, 1.82) is 0 Å². The van der Waals surface area contributed by atoms with E-state index < -0.39 is 0 Å². The number of allylic oxidation sites excluding steroid dienone is 6. The summed E-state index contributed by atoms with van der Waals surface area (Å²) in [6, 6.07) is 0. The van der Waals surface area contributed by atoms with Crippen molar-refractivity contribution >= 4 is 15.9 Å². The zero-order valence-corrected chi connectivity index (χ0v) is 9.59. The molecule has 72 valence electrons. The molecule has 0 unspecified atom stereocenters. The van der Waals surface area contributed by atoms with Crippen molar-refractivity contribution in [3.63, 3.8) is 0 Å². The summed E-state index contributed by atoms with van der Waals surface area (Å²) in [5.74, 6) is 0. The molecular weight excluding hydrogens is 224 g/mol. The third kappa shape index (κ3) is 5.87.